The highest BCUT2D eigenvalue weighted by Crippen LogP contribution is 2.18. The molecule has 2 rings (SSSR count). The lowest BCUT2D eigenvalue weighted by molar-refractivity contribution is -0.152. The molecule has 0 aromatic rings. The van der Waals surface area contributed by atoms with Crippen molar-refractivity contribution in [2.75, 3.05) is 20.2 Å². The van der Waals surface area contributed by atoms with Gasteiger partial charge in [-0.25, -0.2) is 4.79 Å². The van der Waals surface area contributed by atoms with Crippen molar-refractivity contribution in [2.45, 2.75) is 18.5 Å². The van der Waals surface area contributed by atoms with Crippen molar-refractivity contribution in [3.8, 4) is 0 Å². The van der Waals surface area contributed by atoms with Gasteiger partial charge in [-0.1, -0.05) is 0 Å². The Kier molecular flexibility index (Phi) is 1.95. The number of nitrogens with zero attached hydrogens (tertiary/aromatic N) is 1. The maximum absolute atomic E-state index is 11.4. The van der Waals surface area contributed by atoms with E-state index < -0.39 is 12.0 Å². The van der Waals surface area contributed by atoms with Gasteiger partial charge in [0.15, 0.2) is 6.04 Å². The van der Waals surface area contributed by atoms with Crippen LogP contribution in [0, 0.1) is 0 Å². The van der Waals surface area contributed by atoms with Gasteiger partial charge in [0.25, 0.3) is 0 Å². The number of fused-ring (bicyclic) bond motifs is 2. The summed E-state index contributed by atoms with van der Waals surface area (Å²) < 4.78 is 4.57. The molecule has 1 N–H and O–H groups in total. The number of hydrogen-bond acceptors (Lipinski definition) is 4. The number of carbonyl (C=O) groups excluding carboxylic acids is 2. The zero-order valence-electron chi connectivity index (χ0n) is 7.45. The second kappa shape index (κ2) is 2.99. The van der Waals surface area contributed by atoms with Gasteiger partial charge >= 0.3 is 5.97 Å². The molecule has 72 valence electrons. The minimum Gasteiger partial charge on any atom is -0.467 e. The number of rotatable bonds is 1. The fourth-order valence-electron chi connectivity index (χ4n) is 1.95. The third-order valence-electron chi connectivity index (χ3n) is 2.60. The smallest absolute Gasteiger partial charge is 0.332 e. The molecule has 0 spiro atoms. The van der Waals surface area contributed by atoms with Crippen molar-refractivity contribution < 1.29 is 14.3 Å². The molecular formula is C8H12N2O3. The zero-order valence-corrected chi connectivity index (χ0v) is 7.45. The number of carbonyl (C=O) groups is 2. The van der Waals surface area contributed by atoms with E-state index in [9.17, 15) is 9.59 Å². The van der Waals surface area contributed by atoms with E-state index in [-0.39, 0.29) is 11.9 Å². The van der Waals surface area contributed by atoms with E-state index >= 15 is 0 Å². The second-order valence-electron chi connectivity index (χ2n) is 3.41. The van der Waals surface area contributed by atoms with Crippen LogP contribution < -0.4 is 5.32 Å². The van der Waals surface area contributed by atoms with Crippen LogP contribution in [0.25, 0.3) is 0 Å². The first-order chi connectivity index (χ1) is 6.22. The summed E-state index contributed by atoms with van der Waals surface area (Å²) in [5.41, 5.74) is 0. The van der Waals surface area contributed by atoms with E-state index in [4.69, 9.17) is 0 Å². The molecule has 0 radical (unpaired) electrons. The van der Waals surface area contributed by atoms with Crippen LogP contribution >= 0.6 is 0 Å². The first kappa shape index (κ1) is 8.50. The largest absolute Gasteiger partial charge is 0.467 e. The molecule has 5 heteroatoms. The molecule has 3 atom stereocenters. The topological polar surface area (TPSA) is 58.6 Å². The van der Waals surface area contributed by atoms with E-state index in [1.807, 2.05) is 4.90 Å². The highest BCUT2D eigenvalue weighted by molar-refractivity contribution is 6.02. The summed E-state index contributed by atoms with van der Waals surface area (Å²) in [4.78, 5) is 24.5. The SMILES string of the molecule is COC(=O)C1C(=O)NC2CCN1C2. The Morgan fingerprint density at radius 2 is 2.46 bits per heavy atom. The molecule has 0 aliphatic carbocycles. The Bertz CT molecular complexity index is 254. The summed E-state index contributed by atoms with van der Waals surface area (Å²) >= 11 is 0. The number of esters is 1. The molecule has 2 saturated heterocycles. The Labute approximate surface area is 76.0 Å². The van der Waals surface area contributed by atoms with Crippen LogP contribution in [0.1, 0.15) is 6.42 Å². The standard InChI is InChI=1S/C8H12N2O3/c1-13-8(12)6-7(11)9-5-2-3-10(6)4-5/h5-6H,2-4H2,1H3,(H,9,11). The van der Waals surface area contributed by atoms with E-state index in [1.54, 1.807) is 0 Å². The average Bonchev–Trinajstić information content (AvgIpc) is 2.48. The van der Waals surface area contributed by atoms with Gasteiger partial charge in [0.1, 0.15) is 0 Å². The van der Waals surface area contributed by atoms with E-state index in [1.165, 1.54) is 7.11 Å². The van der Waals surface area contributed by atoms with E-state index in [2.05, 4.69) is 10.1 Å². The van der Waals surface area contributed by atoms with Crippen molar-refractivity contribution in [1.29, 1.82) is 0 Å². The molecule has 2 bridgehead atoms. The number of hydrogen-bond donors (Lipinski definition) is 1. The van der Waals surface area contributed by atoms with Gasteiger partial charge in [0.2, 0.25) is 5.91 Å². The number of methoxy groups -OCH3 is 1. The molecule has 2 aliphatic rings. The van der Waals surface area contributed by atoms with Crippen LogP contribution in [0.15, 0.2) is 0 Å². The monoisotopic (exact) mass is 184 g/mol. The van der Waals surface area contributed by atoms with Gasteiger partial charge in [0.05, 0.1) is 7.11 Å². The van der Waals surface area contributed by atoms with Crippen LogP contribution in [0.4, 0.5) is 0 Å². The van der Waals surface area contributed by atoms with Crippen LogP contribution in [-0.2, 0) is 14.3 Å². The van der Waals surface area contributed by atoms with Crippen LogP contribution in [0.5, 0.6) is 0 Å². The van der Waals surface area contributed by atoms with Gasteiger partial charge in [-0.2, -0.15) is 0 Å². The van der Waals surface area contributed by atoms with Gasteiger partial charge in [0, 0.05) is 19.1 Å². The quantitative estimate of drug-likeness (QED) is 0.408. The summed E-state index contributed by atoms with van der Waals surface area (Å²) in [7, 11) is 1.30. The molecule has 2 fully saturated rings. The molecule has 0 aromatic carbocycles. The molecule has 3 unspecified atom stereocenters. The van der Waals surface area contributed by atoms with Crippen LogP contribution in [-0.4, -0.2) is 49.1 Å². The van der Waals surface area contributed by atoms with E-state index in [0.717, 1.165) is 19.5 Å². The third kappa shape index (κ3) is 1.29. The molecule has 0 aromatic heterocycles. The normalized spacial score (nSPS) is 37.0. The minimum absolute atomic E-state index is 0.222. The molecule has 13 heavy (non-hydrogen) atoms. The summed E-state index contributed by atoms with van der Waals surface area (Å²) in [6, 6.07) is -0.489. The first-order valence-electron chi connectivity index (χ1n) is 4.34. The lowest BCUT2D eigenvalue weighted by Gasteiger charge is -2.29. The van der Waals surface area contributed by atoms with Crippen molar-refractivity contribution in [3.63, 3.8) is 0 Å². The van der Waals surface area contributed by atoms with Gasteiger partial charge in [-0.15, -0.1) is 0 Å². The van der Waals surface area contributed by atoms with Crippen LogP contribution in [0.3, 0.4) is 0 Å². The lowest BCUT2D eigenvalue weighted by atomic mass is 10.1. The molecule has 2 heterocycles. The summed E-state index contributed by atoms with van der Waals surface area (Å²) in [5, 5.41) is 2.79. The molecule has 0 saturated carbocycles. The minimum atomic E-state index is -0.719. The lowest BCUT2D eigenvalue weighted by Crippen LogP contribution is -2.58. The number of ether oxygens (including phenoxy) is 1. The average molecular weight is 184 g/mol. The molecule has 1 amide bonds. The van der Waals surface area contributed by atoms with Gasteiger partial charge < -0.3 is 10.1 Å². The summed E-state index contributed by atoms with van der Waals surface area (Å²) in [6.07, 6.45) is 0.930. The number of nitrogens with one attached hydrogen (secondary N) is 1. The van der Waals surface area contributed by atoms with Crippen molar-refractivity contribution in [1.82, 2.24) is 10.2 Å². The Morgan fingerprint density at radius 3 is 3.15 bits per heavy atom. The number of amides is 1. The van der Waals surface area contributed by atoms with Crippen molar-refractivity contribution >= 4 is 11.9 Å². The Hall–Kier alpha value is -1.10. The third-order valence-corrected chi connectivity index (χ3v) is 2.60. The fourth-order valence-corrected chi connectivity index (χ4v) is 1.95. The predicted molar refractivity (Wildman–Crippen MR) is 43.9 cm³/mol. The first-order valence-corrected chi connectivity index (χ1v) is 4.34. The van der Waals surface area contributed by atoms with Crippen molar-refractivity contribution in [2.24, 2.45) is 0 Å². The van der Waals surface area contributed by atoms with E-state index in [0.29, 0.717) is 0 Å². The fraction of sp³-hybridized carbons (Fsp3) is 0.750. The number of piperazine rings is 1. The molecule has 5 nitrogen and oxygen atoms in total. The van der Waals surface area contributed by atoms with Gasteiger partial charge in [-0.05, 0) is 6.42 Å². The molecular weight excluding hydrogens is 172 g/mol. The highest BCUT2D eigenvalue weighted by Gasteiger charge is 2.43. The highest BCUT2D eigenvalue weighted by atomic mass is 16.5. The van der Waals surface area contributed by atoms with Gasteiger partial charge in [-0.3, -0.25) is 9.69 Å². The summed E-state index contributed by atoms with van der Waals surface area (Å²) in [5.74, 6) is -0.682. The van der Waals surface area contributed by atoms with Crippen molar-refractivity contribution in [3.05, 3.63) is 0 Å². The molecule has 2 aliphatic heterocycles. The maximum Gasteiger partial charge on any atom is 0.332 e. The Balaban J connectivity index is 2.16. The predicted octanol–water partition coefficient (Wildman–Crippen LogP) is -1.27. The maximum atomic E-state index is 11.4. The zero-order chi connectivity index (χ0) is 9.42. The summed E-state index contributed by atoms with van der Waals surface area (Å²) in [6.45, 7) is 1.56. The Morgan fingerprint density at radius 1 is 1.69 bits per heavy atom. The second-order valence-corrected chi connectivity index (χ2v) is 3.41. The van der Waals surface area contributed by atoms with Crippen LogP contribution in [0.2, 0.25) is 0 Å².